The summed E-state index contributed by atoms with van der Waals surface area (Å²) < 4.78 is 0. The van der Waals surface area contributed by atoms with E-state index in [4.69, 9.17) is 0 Å². The molecular weight excluding hydrogens is 430 g/mol. The highest BCUT2D eigenvalue weighted by molar-refractivity contribution is 6.08. The molecule has 0 bridgehead atoms. The SMILES string of the molecule is CCC1(C)NC(=O)N(CC(=O)NCC(c2ccc(N(C)C)cc2)c2c[nH]c3ccccc23)C1=O. The summed E-state index contributed by atoms with van der Waals surface area (Å²) in [5.74, 6) is -0.860. The highest BCUT2D eigenvalue weighted by Gasteiger charge is 2.47. The number of anilines is 1. The molecule has 1 aliphatic heterocycles. The van der Waals surface area contributed by atoms with E-state index in [1.807, 2.05) is 50.3 Å². The van der Waals surface area contributed by atoms with Crippen molar-refractivity contribution in [3.05, 3.63) is 65.9 Å². The summed E-state index contributed by atoms with van der Waals surface area (Å²) in [4.78, 5) is 44.1. The van der Waals surface area contributed by atoms with Gasteiger partial charge in [0.2, 0.25) is 5.91 Å². The number of carbonyl (C=O) groups is 3. The number of fused-ring (bicyclic) bond motifs is 1. The lowest BCUT2D eigenvalue weighted by Gasteiger charge is -2.21. The van der Waals surface area contributed by atoms with E-state index in [0.717, 1.165) is 32.6 Å². The van der Waals surface area contributed by atoms with E-state index in [1.165, 1.54) is 0 Å². The van der Waals surface area contributed by atoms with Crippen LogP contribution in [-0.2, 0) is 9.59 Å². The van der Waals surface area contributed by atoms with Gasteiger partial charge in [0, 0.05) is 49.3 Å². The molecule has 1 aliphatic rings. The number of hydrogen-bond acceptors (Lipinski definition) is 4. The van der Waals surface area contributed by atoms with E-state index in [-0.39, 0.29) is 24.3 Å². The first-order valence-electron chi connectivity index (χ1n) is 11.5. The second-order valence-electron chi connectivity index (χ2n) is 9.14. The molecule has 2 unspecified atom stereocenters. The van der Waals surface area contributed by atoms with Crippen LogP contribution in [0.4, 0.5) is 10.5 Å². The lowest BCUT2D eigenvalue weighted by atomic mass is 9.90. The van der Waals surface area contributed by atoms with E-state index in [2.05, 4.69) is 45.9 Å². The zero-order chi connectivity index (χ0) is 24.5. The van der Waals surface area contributed by atoms with E-state index < -0.39 is 11.6 Å². The molecule has 3 aromatic rings. The summed E-state index contributed by atoms with van der Waals surface area (Å²) in [6.07, 6.45) is 2.44. The number of amides is 4. The Hall–Kier alpha value is -3.81. The van der Waals surface area contributed by atoms with Crippen LogP contribution >= 0.6 is 0 Å². The fraction of sp³-hybridized carbons (Fsp3) is 0.346. The number of imide groups is 1. The zero-order valence-electron chi connectivity index (χ0n) is 20.0. The predicted octanol–water partition coefficient (Wildman–Crippen LogP) is 3.20. The second-order valence-corrected chi connectivity index (χ2v) is 9.14. The Morgan fingerprint density at radius 3 is 2.47 bits per heavy atom. The summed E-state index contributed by atoms with van der Waals surface area (Å²) in [6.45, 7) is 3.53. The molecule has 8 nitrogen and oxygen atoms in total. The van der Waals surface area contributed by atoms with Crippen LogP contribution < -0.4 is 15.5 Å². The van der Waals surface area contributed by atoms with Crippen molar-refractivity contribution < 1.29 is 14.4 Å². The normalized spacial score (nSPS) is 18.8. The molecule has 0 aliphatic carbocycles. The van der Waals surface area contributed by atoms with Crippen molar-refractivity contribution in [3.63, 3.8) is 0 Å². The van der Waals surface area contributed by atoms with Gasteiger partial charge >= 0.3 is 6.03 Å². The number of carbonyl (C=O) groups excluding carboxylic acids is 3. The molecule has 178 valence electrons. The highest BCUT2D eigenvalue weighted by Crippen LogP contribution is 2.31. The van der Waals surface area contributed by atoms with Gasteiger partial charge in [-0.05, 0) is 42.7 Å². The molecule has 3 N–H and O–H groups in total. The number of H-pyrrole nitrogens is 1. The minimum Gasteiger partial charge on any atom is -0.378 e. The van der Waals surface area contributed by atoms with Crippen LogP contribution in [0.5, 0.6) is 0 Å². The number of urea groups is 1. The van der Waals surface area contributed by atoms with Crippen molar-refractivity contribution >= 4 is 34.4 Å². The summed E-state index contributed by atoms with van der Waals surface area (Å²) >= 11 is 0. The van der Waals surface area contributed by atoms with Crippen molar-refractivity contribution in [2.75, 3.05) is 32.1 Å². The molecule has 1 fully saturated rings. The molecule has 2 aromatic carbocycles. The van der Waals surface area contributed by atoms with Gasteiger partial charge in [-0.2, -0.15) is 0 Å². The van der Waals surface area contributed by atoms with Gasteiger partial charge in [-0.25, -0.2) is 4.79 Å². The van der Waals surface area contributed by atoms with Crippen molar-refractivity contribution in [3.8, 4) is 0 Å². The monoisotopic (exact) mass is 461 g/mol. The molecular formula is C26H31N5O3. The van der Waals surface area contributed by atoms with Gasteiger partial charge in [0.15, 0.2) is 0 Å². The second kappa shape index (κ2) is 9.21. The highest BCUT2D eigenvalue weighted by atomic mass is 16.2. The summed E-state index contributed by atoms with van der Waals surface area (Å²) in [6, 6.07) is 15.8. The third-order valence-electron chi connectivity index (χ3n) is 6.67. The Bertz CT molecular complexity index is 1220. The van der Waals surface area contributed by atoms with Gasteiger partial charge in [0.05, 0.1) is 0 Å². The van der Waals surface area contributed by atoms with Crippen LogP contribution in [0.25, 0.3) is 10.9 Å². The average molecular weight is 462 g/mol. The van der Waals surface area contributed by atoms with Crippen molar-refractivity contribution in [1.29, 1.82) is 0 Å². The molecule has 8 heteroatoms. The molecule has 1 aromatic heterocycles. The van der Waals surface area contributed by atoms with Gasteiger partial charge < -0.3 is 20.5 Å². The van der Waals surface area contributed by atoms with E-state index in [0.29, 0.717) is 13.0 Å². The first-order valence-corrected chi connectivity index (χ1v) is 11.5. The molecule has 4 amide bonds. The standard InChI is InChI=1S/C26H31N5O3/c1-5-26(2)24(33)31(25(34)29-26)16-23(32)28-14-20(17-10-12-18(13-11-17)30(3)4)21-15-27-22-9-7-6-8-19(21)22/h6-13,15,20,27H,5,14,16H2,1-4H3,(H,28,32)(H,29,34). The molecule has 0 radical (unpaired) electrons. The van der Waals surface area contributed by atoms with Crippen LogP contribution in [0.2, 0.25) is 0 Å². The summed E-state index contributed by atoms with van der Waals surface area (Å²) in [7, 11) is 3.98. The Kier molecular flexibility index (Phi) is 6.32. The Labute approximate surface area is 199 Å². The maximum atomic E-state index is 12.8. The molecule has 2 atom stereocenters. The maximum absolute atomic E-state index is 12.8. The van der Waals surface area contributed by atoms with Crippen LogP contribution in [0.15, 0.2) is 54.7 Å². The van der Waals surface area contributed by atoms with Crippen LogP contribution in [-0.4, -0.2) is 60.5 Å². The fourth-order valence-electron chi connectivity index (χ4n) is 4.34. The third-order valence-corrected chi connectivity index (χ3v) is 6.67. The quantitative estimate of drug-likeness (QED) is 0.449. The number of aromatic nitrogens is 1. The van der Waals surface area contributed by atoms with Gasteiger partial charge in [0.1, 0.15) is 12.1 Å². The number of aromatic amines is 1. The number of benzene rings is 2. The minimum atomic E-state index is -0.960. The first kappa shape index (κ1) is 23.4. The number of nitrogens with one attached hydrogen (secondary N) is 3. The first-order chi connectivity index (χ1) is 16.2. The van der Waals surface area contributed by atoms with Crippen molar-refractivity contribution in [2.45, 2.75) is 31.7 Å². The summed E-state index contributed by atoms with van der Waals surface area (Å²) in [5, 5.41) is 6.72. The predicted molar refractivity (Wildman–Crippen MR) is 133 cm³/mol. The Morgan fingerprint density at radius 2 is 1.82 bits per heavy atom. The van der Waals surface area contributed by atoms with E-state index in [1.54, 1.807) is 6.92 Å². The van der Waals surface area contributed by atoms with Gasteiger partial charge in [-0.1, -0.05) is 37.3 Å². The fourth-order valence-corrected chi connectivity index (χ4v) is 4.34. The molecule has 34 heavy (non-hydrogen) atoms. The lowest BCUT2D eigenvalue weighted by Crippen LogP contribution is -2.45. The van der Waals surface area contributed by atoms with Gasteiger partial charge in [0.25, 0.3) is 5.91 Å². The Balaban J connectivity index is 1.55. The molecule has 2 heterocycles. The topological polar surface area (TPSA) is 97.5 Å². The lowest BCUT2D eigenvalue weighted by molar-refractivity contribution is -0.134. The van der Waals surface area contributed by atoms with E-state index >= 15 is 0 Å². The molecule has 1 saturated heterocycles. The molecule has 4 rings (SSSR count). The van der Waals surface area contributed by atoms with Crippen molar-refractivity contribution in [1.82, 2.24) is 20.5 Å². The number of nitrogens with zero attached hydrogens (tertiary/aromatic N) is 2. The van der Waals surface area contributed by atoms with E-state index in [9.17, 15) is 14.4 Å². The smallest absolute Gasteiger partial charge is 0.325 e. The van der Waals surface area contributed by atoms with Crippen molar-refractivity contribution in [2.24, 2.45) is 0 Å². The van der Waals surface area contributed by atoms with Crippen LogP contribution in [0.3, 0.4) is 0 Å². The van der Waals surface area contributed by atoms with Crippen LogP contribution in [0, 0.1) is 0 Å². The third kappa shape index (κ3) is 4.35. The largest absolute Gasteiger partial charge is 0.378 e. The number of rotatable bonds is 8. The van der Waals surface area contributed by atoms with Crippen LogP contribution in [0.1, 0.15) is 37.3 Å². The van der Waals surface area contributed by atoms with Gasteiger partial charge in [-0.3, -0.25) is 14.5 Å². The summed E-state index contributed by atoms with van der Waals surface area (Å²) in [5.41, 5.74) is 3.28. The maximum Gasteiger partial charge on any atom is 0.325 e. The Morgan fingerprint density at radius 1 is 1.12 bits per heavy atom. The minimum absolute atomic E-state index is 0.111. The molecule has 0 spiro atoms. The number of hydrogen-bond donors (Lipinski definition) is 3. The molecule has 0 saturated carbocycles. The number of para-hydroxylation sites is 1. The zero-order valence-corrected chi connectivity index (χ0v) is 20.0. The van der Waals surface area contributed by atoms with Gasteiger partial charge in [-0.15, -0.1) is 0 Å². The average Bonchev–Trinajstić information content (AvgIpc) is 3.34.